The number of benzene rings is 1. The molecule has 2 aromatic rings. The standard InChI is InChI=1S/C13H18N4O2/c14-8-7-12-16-17-13(19-12)15-9-4-10-18-11-5-2-1-3-6-11/h1-3,5-6H,4,7-10,14H2,(H,15,17). The largest absolute Gasteiger partial charge is 0.494 e. The summed E-state index contributed by atoms with van der Waals surface area (Å²) in [6, 6.07) is 10.2. The lowest BCUT2D eigenvalue weighted by molar-refractivity contribution is 0.314. The first-order valence-electron chi connectivity index (χ1n) is 6.32. The van der Waals surface area contributed by atoms with Crippen LogP contribution in [-0.2, 0) is 6.42 Å². The number of hydrogen-bond donors (Lipinski definition) is 2. The molecule has 0 aliphatic carbocycles. The third-order valence-electron chi connectivity index (χ3n) is 2.43. The lowest BCUT2D eigenvalue weighted by atomic mass is 10.3. The van der Waals surface area contributed by atoms with Crippen LogP contribution in [0.15, 0.2) is 34.7 Å². The molecule has 0 fully saturated rings. The third kappa shape index (κ3) is 4.59. The van der Waals surface area contributed by atoms with E-state index in [1.165, 1.54) is 0 Å². The van der Waals surface area contributed by atoms with Gasteiger partial charge in [0.1, 0.15) is 5.75 Å². The number of ether oxygens (including phenoxy) is 1. The van der Waals surface area contributed by atoms with E-state index in [9.17, 15) is 0 Å². The molecular formula is C13H18N4O2. The molecule has 0 spiro atoms. The van der Waals surface area contributed by atoms with Gasteiger partial charge in [-0.05, 0) is 18.6 Å². The van der Waals surface area contributed by atoms with Gasteiger partial charge in [0.2, 0.25) is 5.89 Å². The number of anilines is 1. The fraction of sp³-hybridized carbons (Fsp3) is 0.385. The highest BCUT2D eigenvalue weighted by Crippen LogP contribution is 2.09. The fourth-order valence-electron chi connectivity index (χ4n) is 1.52. The Kier molecular flexibility index (Phi) is 5.18. The summed E-state index contributed by atoms with van der Waals surface area (Å²) in [5.74, 6) is 1.44. The molecule has 0 aliphatic rings. The highest BCUT2D eigenvalue weighted by atomic mass is 16.5. The van der Waals surface area contributed by atoms with E-state index in [0.717, 1.165) is 18.7 Å². The number of nitrogens with two attached hydrogens (primary N) is 1. The first-order chi connectivity index (χ1) is 9.38. The molecule has 0 aliphatic heterocycles. The second kappa shape index (κ2) is 7.38. The summed E-state index contributed by atoms with van der Waals surface area (Å²) in [5, 5.41) is 10.8. The van der Waals surface area contributed by atoms with Crippen molar-refractivity contribution in [3.8, 4) is 5.75 Å². The summed E-state index contributed by atoms with van der Waals surface area (Å²) < 4.78 is 10.9. The van der Waals surface area contributed by atoms with Crippen molar-refractivity contribution >= 4 is 6.01 Å². The van der Waals surface area contributed by atoms with Gasteiger partial charge in [0, 0.05) is 19.5 Å². The molecule has 6 nitrogen and oxygen atoms in total. The zero-order valence-electron chi connectivity index (χ0n) is 10.7. The predicted octanol–water partition coefficient (Wildman–Crippen LogP) is 1.45. The Labute approximate surface area is 112 Å². The molecule has 0 saturated carbocycles. The van der Waals surface area contributed by atoms with E-state index in [1.54, 1.807) is 0 Å². The molecule has 0 atom stereocenters. The molecule has 102 valence electrons. The van der Waals surface area contributed by atoms with E-state index >= 15 is 0 Å². The van der Waals surface area contributed by atoms with Crippen LogP contribution in [0.25, 0.3) is 0 Å². The Balaban J connectivity index is 1.61. The number of nitrogens with zero attached hydrogens (tertiary/aromatic N) is 2. The Morgan fingerprint density at radius 2 is 2.05 bits per heavy atom. The molecule has 3 N–H and O–H groups in total. The van der Waals surface area contributed by atoms with Crippen molar-refractivity contribution in [2.24, 2.45) is 5.73 Å². The van der Waals surface area contributed by atoms with Gasteiger partial charge in [0.05, 0.1) is 6.61 Å². The maximum absolute atomic E-state index is 5.56. The Morgan fingerprint density at radius 1 is 1.21 bits per heavy atom. The molecule has 6 heteroatoms. The van der Waals surface area contributed by atoms with E-state index in [1.807, 2.05) is 30.3 Å². The summed E-state index contributed by atoms with van der Waals surface area (Å²) >= 11 is 0. The van der Waals surface area contributed by atoms with Gasteiger partial charge < -0.3 is 20.2 Å². The average Bonchev–Trinajstić information content (AvgIpc) is 2.88. The minimum absolute atomic E-state index is 0.433. The van der Waals surface area contributed by atoms with E-state index in [4.69, 9.17) is 14.9 Å². The minimum atomic E-state index is 0.433. The van der Waals surface area contributed by atoms with Gasteiger partial charge in [-0.15, -0.1) is 5.10 Å². The van der Waals surface area contributed by atoms with Crippen molar-refractivity contribution in [3.05, 3.63) is 36.2 Å². The molecule has 0 amide bonds. The molecule has 1 heterocycles. The van der Waals surface area contributed by atoms with Crippen LogP contribution in [0, 0.1) is 0 Å². The topological polar surface area (TPSA) is 86.2 Å². The first kappa shape index (κ1) is 13.4. The number of nitrogens with one attached hydrogen (secondary N) is 1. The number of para-hydroxylation sites is 1. The summed E-state index contributed by atoms with van der Waals surface area (Å²) in [6.45, 7) is 1.87. The molecule has 0 bridgehead atoms. The molecule has 2 rings (SSSR count). The number of hydrogen-bond acceptors (Lipinski definition) is 6. The average molecular weight is 262 g/mol. The van der Waals surface area contributed by atoms with Crippen molar-refractivity contribution in [2.75, 3.05) is 25.0 Å². The second-order valence-corrected chi connectivity index (χ2v) is 3.98. The van der Waals surface area contributed by atoms with Crippen LogP contribution in [0.3, 0.4) is 0 Å². The lowest BCUT2D eigenvalue weighted by Gasteiger charge is -2.05. The molecule has 1 aromatic heterocycles. The van der Waals surface area contributed by atoms with E-state index in [2.05, 4.69) is 15.5 Å². The number of rotatable bonds is 8. The van der Waals surface area contributed by atoms with Gasteiger partial charge >= 0.3 is 6.01 Å². The van der Waals surface area contributed by atoms with Crippen molar-refractivity contribution in [2.45, 2.75) is 12.8 Å². The van der Waals surface area contributed by atoms with Gasteiger partial charge in [-0.2, -0.15) is 0 Å². The molecule has 0 unspecified atom stereocenters. The summed E-state index contributed by atoms with van der Waals surface area (Å²) in [7, 11) is 0. The summed E-state index contributed by atoms with van der Waals surface area (Å²) in [4.78, 5) is 0. The van der Waals surface area contributed by atoms with Crippen molar-refractivity contribution in [1.82, 2.24) is 10.2 Å². The van der Waals surface area contributed by atoms with Crippen LogP contribution in [0.5, 0.6) is 5.75 Å². The van der Waals surface area contributed by atoms with Crippen LogP contribution in [-0.4, -0.2) is 29.9 Å². The zero-order chi connectivity index (χ0) is 13.3. The fourth-order valence-corrected chi connectivity index (χ4v) is 1.52. The van der Waals surface area contributed by atoms with Gasteiger partial charge in [0.15, 0.2) is 0 Å². The molecule has 19 heavy (non-hydrogen) atoms. The highest BCUT2D eigenvalue weighted by molar-refractivity contribution is 5.21. The van der Waals surface area contributed by atoms with Crippen LogP contribution in [0.2, 0.25) is 0 Å². The van der Waals surface area contributed by atoms with Gasteiger partial charge in [0.25, 0.3) is 0 Å². The van der Waals surface area contributed by atoms with Crippen molar-refractivity contribution in [3.63, 3.8) is 0 Å². The molecule has 1 aromatic carbocycles. The van der Waals surface area contributed by atoms with Crippen LogP contribution >= 0.6 is 0 Å². The monoisotopic (exact) mass is 262 g/mol. The van der Waals surface area contributed by atoms with E-state index in [0.29, 0.717) is 31.5 Å². The van der Waals surface area contributed by atoms with Gasteiger partial charge in [-0.3, -0.25) is 0 Å². The normalized spacial score (nSPS) is 10.4. The van der Waals surface area contributed by atoms with Crippen molar-refractivity contribution in [1.29, 1.82) is 0 Å². The first-order valence-corrected chi connectivity index (χ1v) is 6.32. The van der Waals surface area contributed by atoms with Crippen LogP contribution < -0.4 is 15.8 Å². The SMILES string of the molecule is NCCc1nnc(NCCCOc2ccccc2)o1. The van der Waals surface area contributed by atoms with E-state index in [-0.39, 0.29) is 0 Å². The third-order valence-corrected chi connectivity index (χ3v) is 2.43. The quantitative estimate of drug-likeness (QED) is 0.700. The maximum Gasteiger partial charge on any atom is 0.315 e. The maximum atomic E-state index is 5.56. The highest BCUT2D eigenvalue weighted by Gasteiger charge is 2.03. The van der Waals surface area contributed by atoms with Crippen LogP contribution in [0.1, 0.15) is 12.3 Å². The zero-order valence-corrected chi connectivity index (χ0v) is 10.7. The van der Waals surface area contributed by atoms with Crippen LogP contribution in [0.4, 0.5) is 6.01 Å². The summed E-state index contributed by atoms with van der Waals surface area (Å²) in [5.41, 5.74) is 5.40. The Bertz CT molecular complexity index is 473. The van der Waals surface area contributed by atoms with Gasteiger partial charge in [-0.25, -0.2) is 0 Å². The molecule has 0 radical (unpaired) electrons. The molecular weight excluding hydrogens is 244 g/mol. The van der Waals surface area contributed by atoms with E-state index < -0.39 is 0 Å². The lowest BCUT2D eigenvalue weighted by Crippen LogP contribution is -2.07. The summed E-state index contributed by atoms with van der Waals surface area (Å²) in [6.07, 6.45) is 1.45. The predicted molar refractivity (Wildman–Crippen MR) is 72.1 cm³/mol. The number of aromatic nitrogens is 2. The molecule has 0 saturated heterocycles. The van der Waals surface area contributed by atoms with Crippen molar-refractivity contribution < 1.29 is 9.15 Å². The van der Waals surface area contributed by atoms with Gasteiger partial charge in [-0.1, -0.05) is 23.3 Å². The second-order valence-electron chi connectivity index (χ2n) is 3.98. The smallest absolute Gasteiger partial charge is 0.315 e. The Morgan fingerprint density at radius 3 is 2.84 bits per heavy atom. The minimum Gasteiger partial charge on any atom is -0.494 e. The Hall–Kier alpha value is -2.08.